The van der Waals surface area contributed by atoms with Crippen LogP contribution in [0.5, 0.6) is 0 Å². The first-order valence-corrected chi connectivity index (χ1v) is 8.09. The quantitative estimate of drug-likeness (QED) is 0.582. The minimum Gasteiger partial charge on any atom is -0.366 e. The second kappa shape index (κ2) is 6.88. The summed E-state index contributed by atoms with van der Waals surface area (Å²) < 4.78 is 14.6. The average molecular weight is 377 g/mol. The first-order chi connectivity index (χ1) is 13.5. The molecule has 0 saturated carbocycles. The summed E-state index contributed by atoms with van der Waals surface area (Å²) >= 11 is 0. The highest BCUT2D eigenvalue weighted by molar-refractivity contribution is 6.06. The summed E-state index contributed by atoms with van der Waals surface area (Å²) in [5.74, 6) is -1.72. The van der Waals surface area contributed by atoms with Crippen molar-refractivity contribution in [2.75, 3.05) is 0 Å². The predicted molar refractivity (Wildman–Crippen MR) is 96.6 cm³/mol. The molecule has 0 saturated heterocycles. The maximum absolute atomic E-state index is 13.5. The van der Waals surface area contributed by atoms with Crippen LogP contribution in [0.15, 0.2) is 61.2 Å². The van der Waals surface area contributed by atoms with E-state index in [4.69, 9.17) is 10.6 Å². The topological polar surface area (TPSA) is 113 Å². The van der Waals surface area contributed by atoms with Crippen molar-refractivity contribution in [2.45, 2.75) is 0 Å². The van der Waals surface area contributed by atoms with E-state index in [0.29, 0.717) is 17.0 Å². The number of nitrogens with two attached hydrogens (primary N) is 1. The molecule has 0 aliphatic carbocycles. The van der Waals surface area contributed by atoms with Gasteiger partial charge in [0.1, 0.15) is 11.5 Å². The molecule has 1 aromatic carbocycles. The van der Waals surface area contributed by atoms with Crippen LogP contribution in [0.1, 0.15) is 20.7 Å². The first kappa shape index (κ1) is 17.3. The first-order valence-electron chi connectivity index (χ1n) is 8.09. The van der Waals surface area contributed by atoms with Gasteiger partial charge in [0.15, 0.2) is 5.82 Å². The van der Waals surface area contributed by atoms with E-state index in [1.807, 2.05) is 0 Å². The van der Waals surface area contributed by atoms with Gasteiger partial charge in [-0.15, -0.1) is 0 Å². The summed E-state index contributed by atoms with van der Waals surface area (Å²) in [5.41, 5.74) is 6.31. The number of primary amides is 1. The zero-order valence-corrected chi connectivity index (χ0v) is 14.2. The van der Waals surface area contributed by atoms with E-state index in [1.54, 1.807) is 24.4 Å². The van der Waals surface area contributed by atoms with E-state index in [-0.39, 0.29) is 16.5 Å². The van der Waals surface area contributed by atoms with Gasteiger partial charge in [-0.1, -0.05) is 6.07 Å². The molecule has 0 fully saturated rings. The van der Waals surface area contributed by atoms with Crippen LogP contribution in [0.3, 0.4) is 0 Å². The van der Waals surface area contributed by atoms with Crippen LogP contribution in [0, 0.1) is 5.82 Å². The molecule has 3 heterocycles. The molecule has 138 valence electrons. The number of hydrogen-bond donors (Lipinski definition) is 1. The second-order valence-corrected chi connectivity index (χ2v) is 5.78. The van der Waals surface area contributed by atoms with E-state index >= 15 is 0 Å². The Balaban J connectivity index is 1.63. The normalized spacial score (nSPS) is 10.8. The van der Waals surface area contributed by atoms with Crippen LogP contribution in [0.25, 0.3) is 22.4 Å². The van der Waals surface area contributed by atoms with Crippen molar-refractivity contribution in [3.8, 4) is 11.5 Å². The Morgan fingerprint density at radius 1 is 1.07 bits per heavy atom. The van der Waals surface area contributed by atoms with Crippen molar-refractivity contribution in [2.24, 2.45) is 5.73 Å². The van der Waals surface area contributed by atoms with Gasteiger partial charge in [-0.25, -0.2) is 19.2 Å². The number of hydrogen-bond acceptors (Lipinski definition) is 6. The lowest BCUT2D eigenvalue weighted by Crippen LogP contribution is -2.20. The SMILES string of the molecule is NC(=O)c1cn(OC(=O)c2cnc(-c3ccccn3)nc2)c2ccc(F)cc12. The van der Waals surface area contributed by atoms with E-state index in [9.17, 15) is 14.0 Å². The summed E-state index contributed by atoms with van der Waals surface area (Å²) in [5, 5.41) is 0.238. The van der Waals surface area contributed by atoms with Gasteiger partial charge >= 0.3 is 5.97 Å². The van der Waals surface area contributed by atoms with Gasteiger partial charge < -0.3 is 10.6 Å². The molecule has 28 heavy (non-hydrogen) atoms. The van der Waals surface area contributed by atoms with Crippen LogP contribution in [0.2, 0.25) is 0 Å². The molecular weight excluding hydrogens is 365 g/mol. The van der Waals surface area contributed by atoms with Crippen molar-refractivity contribution in [3.05, 3.63) is 78.1 Å². The van der Waals surface area contributed by atoms with E-state index in [1.165, 1.54) is 30.7 Å². The number of aromatic nitrogens is 4. The lowest BCUT2D eigenvalue weighted by molar-refractivity contribution is 0.0480. The minimum absolute atomic E-state index is 0.0315. The number of carbonyl (C=O) groups is 2. The highest BCUT2D eigenvalue weighted by Crippen LogP contribution is 2.22. The Morgan fingerprint density at radius 2 is 1.86 bits per heavy atom. The Labute approximate surface area is 157 Å². The molecule has 2 N–H and O–H groups in total. The van der Waals surface area contributed by atoms with Gasteiger partial charge in [-0.2, -0.15) is 4.73 Å². The standard InChI is InChI=1S/C19H12FN5O3/c20-12-4-5-16-13(7-12)14(17(21)26)10-25(16)28-19(27)11-8-23-18(24-9-11)15-3-1-2-6-22-15/h1-10H,(H2,21,26). The lowest BCUT2D eigenvalue weighted by Gasteiger charge is -2.06. The fourth-order valence-electron chi connectivity index (χ4n) is 2.65. The number of benzene rings is 1. The van der Waals surface area contributed by atoms with Crippen molar-refractivity contribution in [1.29, 1.82) is 0 Å². The molecule has 1 amide bonds. The van der Waals surface area contributed by atoms with Crippen molar-refractivity contribution < 1.29 is 18.8 Å². The third kappa shape index (κ3) is 3.16. The van der Waals surface area contributed by atoms with Gasteiger partial charge in [0, 0.05) is 24.0 Å². The fourth-order valence-corrected chi connectivity index (χ4v) is 2.65. The Kier molecular flexibility index (Phi) is 4.24. The highest BCUT2D eigenvalue weighted by atomic mass is 19.1. The molecule has 0 aliphatic heterocycles. The number of rotatable bonds is 4. The molecule has 0 aliphatic rings. The summed E-state index contributed by atoms with van der Waals surface area (Å²) in [4.78, 5) is 41.6. The molecule has 0 spiro atoms. The summed E-state index contributed by atoms with van der Waals surface area (Å²) in [6.07, 6.45) is 5.45. The van der Waals surface area contributed by atoms with Crippen molar-refractivity contribution >= 4 is 22.8 Å². The highest BCUT2D eigenvalue weighted by Gasteiger charge is 2.18. The molecule has 8 nitrogen and oxygen atoms in total. The van der Waals surface area contributed by atoms with E-state index < -0.39 is 17.7 Å². The second-order valence-electron chi connectivity index (χ2n) is 5.78. The average Bonchev–Trinajstić information content (AvgIpc) is 3.06. The lowest BCUT2D eigenvalue weighted by atomic mass is 10.1. The zero-order chi connectivity index (χ0) is 19.7. The largest absolute Gasteiger partial charge is 0.366 e. The maximum atomic E-state index is 13.5. The van der Waals surface area contributed by atoms with Crippen molar-refractivity contribution in [3.63, 3.8) is 0 Å². The Hall–Kier alpha value is -4.14. The molecule has 0 radical (unpaired) electrons. The molecule has 4 aromatic rings. The summed E-state index contributed by atoms with van der Waals surface area (Å²) in [6, 6.07) is 9.01. The molecule has 3 aromatic heterocycles. The fraction of sp³-hybridized carbons (Fsp3) is 0. The van der Waals surface area contributed by atoms with Gasteiger partial charge in [-0.3, -0.25) is 9.78 Å². The molecular formula is C19H12FN5O3. The minimum atomic E-state index is -0.770. The third-order valence-corrected chi connectivity index (χ3v) is 3.96. The zero-order valence-electron chi connectivity index (χ0n) is 14.2. The van der Waals surface area contributed by atoms with Crippen LogP contribution >= 0.6 is 0 Å². The van der Waals surface area contributed by atoms with Crippen LogP contribution < -0.4 is 10.6 Å². The van der Waals surface area contributed by atoms with E-state index in [0.717, 1.165) is 10.8 Å². The number of amides is 1. The van der Waals surface area contributed by atoms with Gasteiger partial charge in [0.25, 0.3) is 5.91 Å². The van der Waals surface area contributed by atoms with Crippen LogP contribution in [0.4, 0.5) is 4.39 Å². The smallest absolute Gasteiger partial charge is 0.366 e. The summed E-state index contributed by atoms with van der Waals surface area (Å²) in [7, 11) is 0. The van der Waals surface area contributed by atoms with Gasteiger partial charge in [0.05, 0.1) is 22.8 Å². The molecule has 0 atom stereocenters. The molecule has 0 unspecified atom stereocenters. The number of halogens is 1. The van der Waals surface area contributed by atoms with Crippen molar-refractivity contribution in [1.82, 2.24) is 19.7 Å². The molecule has 9 heteroatoms. The number of carbonyl (C=O) groups excluding carboxylic acids is 2. The molecule has 0 bridgehead atoms. The number of nitrogens with zero attached hydrogens (tertiary/aromatic N) is 4. The maximum Gasteiger partial charge on any atom is 0.366 e. The van der Waals surface area contributed by atoms with Gasteiger partial charge in [-0.05, 0) is 30.3 Å². The number of fused-ring (bicyclic) bond motifs is 1. The summed E-state index contributed by atoms with van der Waals surface area (Å²) in [6.45, 7) is 0. The monoisotopic (exact) mass is 377 g/mol. The Morgan fingerprint density at radius 3 is 2.54 bits per heavy atom. The van der Waals surface area contributed by atoms with Crippen LogP contribution in [-0.4, -0.2) is 31.6 Å². The predicted octanol–water partition coefficient (Wildman–Crippen LogP) is 2.00. The van der Waals surface area contributed by atoms with E-state index in [2.05, 4.69) is 15.0 Å². The Bertz CT molecular complexity index is 1190. The molecule has 4 rings (SSSR count). The van der Waals surface area contributed by atoms with Crippen LogP contribution in [-0.2, 0) is 0 Å². The third-order valence-electron chi connectivity index (χ3n) is 3.96. The van der Waals surface area contributed by atoms with Gasteiger partial charge in [0.2, 0.25) is 0 Å². The number of pyridine rings is 1.